The van der Waals surface area contributed by atoms with E-state index < -0.39 is 0 Å². The van der Waals surface area contributed by atoms with Crippen LogP contribution in [0.4, 0.5) is 5.82 Å². The Kier molecular flexibility index (Phi) is 5.14. The summed E-state index contributed by atoms with van der Waals surface area (Å²) in [6.07, 6.45) is 7.00. The zero-order valence-corrected chi connectivity index (χ0v) is 12.3. The fraction of sp³-hybridized carbons (Fsp3) is 0.733. The lowest BCUT2D eigenvalue weighted by Gasteiger charge is -2.16. The van der Waals surface area contributed by atoms with E-state index in [9.17, 15) is 0 Å². The molecule has 1 heterocycles. The van der Waals surface area contributed by atoms with Crippen molar-refractivity contribution in [1.82, 2.24) is 9.97 Å². The van der Waals surface area contributed by atoms with Gasteiger partial charge in [-0.15, -0.1) is 0 Å². The normalized spacial score (nSPS) is 16.6. The first-order valence-electron chi connectivity index (χ1n) is 7.42. The van der Waals surface area contributed by atoms with Crippen molar-refractivity contribution in [2.45, 2.75) is 58.5 Å². The maximum Gasteiger partial charge on any atom is 0.159 e. The van der Waals surface area contributed by atoms with Crippen LogP contribution in [0.15, 0.2) is 0 Å². The first kappa shape index (κ1) is 14.3. The highest BCUT2D eigenvalue weighted by Crippen LogP contribution is 2.26. The van der Waals surface area contributed by atoms with E-state index >= 15 is 0 Å². The fourth-order valence-corrected chi connectivity index (χ4v) is 2.47. The van der Waals surface area contributed by atoms with Gasteiger partial charge in [0, 0.05) is 24.9 Å². The summed E-state index contributed by atoms with van der Waals surface area (Å²) in [4.78, 5) is 9.43. The molecule has 0 saturated heterocycles. The number of fused-ring (bicyclic) bond motifs is 1. The van der Waals surface area contributed by atoms with E-state index in [1.54, 1.807) is 7.11 Å². The van der Waals surface area contributed by atoms with Crippen LogP contribution >= 0.6 is 0 Å². The number of hydrogen-bond acceptors (Lipinski definition) is 4. The quantitative estimate of drug-likeness (QED) is 0.828. The minimum Gasteiger partial charge on any atom is -0.374 e. The Morgan fingerprint density at radius 2 is 2.00 bits per heavy atom. The topological polar surface area (TPSA) is 47.0 Å². The molecule has 1 aromatic rings. The largest absolute Gasteiger partial charge is 0.374 e. The molecule has 0 radical (unpaired) electrons. The Bertz CT molecular complexity index is 420. The summed E-state index contributed by atoms with van der Waals surface area (Å²) in [5.41, 5.74) is 2.56. The third-order valence-electron chi connectivity index (χ3n) is 3.71. The lowest BCUT2D eigenvalue weighted by atomic mass is 10.1. The van der Waals surface area contributed by atoms with E-state index in [1.165, 1.54) is 30.5 Å². The van der Waals surface area contributed by atoms with Crippen LogP contribution in [-0.4, -0.2) is 23.6 Å². The molecule has 0 saturated carbocycles. The van der Waals surface area contributed by atoms with Gasteiger partial charge in [0.1, 0.15) is 11.9 Å². The minimum atomic E-state index is -0.0456. The van der Waals surface area contributed by atoms with Gasteiger partial charge >= 0.3 is 0 Å². The van der Waals surface area contributed by atoms with Crippen molar-refractivity contribution in [3.05, 3.63) is 17.1 Å². The molecule has 106 valence electrons. The molecule has 4 heteroatoms. The van der Waals surface area contributed by atoms with Crippen LogP contribution in [0.25, 0.3) is 0 Å². The van der Waals surface area contributed by atoms with Gasteiger partial charge in [0.25, 0.3) is 0 Å². The number of hydrogen-bond donors (Lipinski definition) is 1. The number of nitrogens with one attached hydrogen (secondary N) is 1. The van der Waals surface area contributed by atoms with E-state index in [0.717, 1.165) is 37.4 Å². The van der Waals surface area contributed by atoms with E-state index in [4.69, 9.17) is 9.72 Å². The van der Waals surface area contributed by atoms with Crippen LogP contribution < -0.4 is 5.32 Å². The van der Waals surface area contributed by atoms with Gasteiger partial charge in [-0.05, 0) is 39.0 Å². The number of ether oxygens (including phenoxy) is 1. The zero-order valence-electron chi connectivity index (χ0n) is 12.3. The summed E-state index contributed by atoms with van der Waals surface area (Å²) in [7, 11) is 1.71. The number of aromatic nitrogens is 2. The van der Waals surface area contributed by atoms with Crippen molar-refractivity contribution in [1.29, 1.82) is 0 Å². The van der Waals surface area contributed by atoms with Crippen molar-refractivity contribution in [2.75, 3.05) is 19.0 Å². The molecule has 4 nitrogen and oxygen atoms in total. The first-order valence-corrected chi connectivity index (χ1v) is 7.42. The summed E-state index contributed by atoms with van der Waals surface area (Å²) in [6, 6.07) is 0. The van der Waals surface area contributed by atoms with Crippen LogP contribution in [0.5, 0.6) is 0 Å². The minimum absolute atomic E-state index is 0.0456. The van der Waals surface area contributed by atoms with Crippen LogP contribution in [-0.2, 0) is 17.6 Å². The summed E-state index contributed by atoms with van der Waals surface area (Å²) < 4.78 is 5.37. The standard InChI is InChI=1S/C15H25N3O/c1-4-10-16-15-12-8-6-5-7-9-13(12)17-14(18-15)11(2)19-3/h11H,4-10H2,1-3H3,(H,16,17,18). The van der Waals surface area contributed by atoms with E-state index in [-0.39, 0.29) is 6.10 Å². The first-order chi connectivity index (χ1) is 9.26. The Morgan fingerprint density at radius 3 is 2.74 bits per heavy atom. The monoisotopic (exact) mass is 263 g/mol. The van der Waals surface area contributed by atoms with Crippen molar-refractivity contribution >= 4 is 5.82 Å². The smallest absolute Gasteiger partial charge is 0.159 e. The van der Waals surface area contributed by atoms with Crippen LogP contribution in [0.3, 0.4) is 0 Å². The average Bonchev–Trinajstić information content (AvgIpc) is 2.68. The number of anilines is 1. The molecule has 0 aromatic carbocycles. The second-order valence-electron chi connectivity index (χ2n) is 5.22. The number of rotatable bonds is 5. The highest BCUT2D eigenvalue weighted by atomic mass is 16.5. The summed E-state index contributed by atoms with van der Waals surface area (Å²) in [5.74, 6) is 1.84. The van der Waals surface area contributed by atoms with Crippen molar-refractivity contribution in [2.24, 2.45) is 0 Å². The molecule has 1 aliphatic rings. The van der Waals surface area contributed by atoms with Gasteiger partial charge in [-0.3, -0.25) is 0 Å². The van der Waals surface area contributed by atoms with Crippen molar-refractivity contribution in [3.63, 3.8) is 0 Å². The predicted molar refractivity (Wildman–Crippen MR) is 77.5 cm³/mol. The average molecular weight is 263 g/mol. The molecule has 0 aliphatic heterocycles. The molecule has 0 spiro atoms. The highest BCUT2D eigenvalue weighted by molar-refractivity contribution is 5.47. The molecule has 0 fully saturated rings. The molecular weight excluding hydrogens is 238 g/mol. The molecule has 1 aliphatic carbocycles. The zero-order chi connectivity index (χ0) is 13.7. The fourth-order valence-electron chi connectivity index (χ4n) is 2.47. The third kappa shape index (κ3) is 3.44. The third-order valence-corrected chi connectivity index (χ3v) is 3.71. The molecule has 1 atom stereocenters. The van der Waals surface area contributed by atoms with Gasteiger partial charge in [0.05, 0.1) is 0 Å². The molecular formula is C15H25N3O. The van der Waals surface area contributed by atoms with E-state index in [2.05, 4.69) is 17.2 Å². The number of aryl methyl sites for hydroxylation is 1. The Balaban J connectivity index is 2.36. The van der Waals surface area contributed by atoms with Crippen molar-refractivity contribution in [3.8, 4) is 0 Å². The van der Waals surface area contributed by atoms with Crippen LogP contribution in [0, 0.1) is 0 Å². The van der Waals surface area contributed by atoms with E-state index in [1.807, 2.05) is 6.92 Å². The van der Waals surface area contributed by atoms with Gasteiger partial charge in [0.2, 0.25) is 0 Å². The van der Waals surface area contributed by atoms with Crippen LogP contribution in [0.1, 0.15) is 62.7 Å². The van der Waals surface area contributed by atoms with Gasteiger partial charge in [-0.2, -0.15) is 0 Å². The lowest BCUT2D eigenvalue weighted by molar-refractivity contribution is 0.112. The van der Waals surface area contributed by atoms with Crippen molar-refractivity contribution < 1.29 is 4.74 Å². The molecule has 1 aromatic heterocycles. The second kappa shape index (κ2) is 6.85. The molecule has 0 amide bonds. The van der Waals surface area contributed by atoms with Gasteiger partial charge in [-0.1, -0.05) is 13.3 Å². The van der Waals surface area contributed by atoms with Crippen LogP contribution in [0.2, 0.25) is 0 Å². The maximum atomic E-state index is 5.37. The molecule has 2 rings (SSSR count). The number of methoxy groups -OCH3 is 1. The molecule has 1 unspecified atom stereocenters. The lowest BCUT2D eigenvalue weighted by Crippen LogP contribution is -2.13. The Labute approximate surface area is 116 Å². The highest BCUT2D eigenvalue weighted by Gasteiger charge is 2.18. The summed E-state index contributed by atoms with van der Waals surface area (Å²) in [6.45, 7) is 5.14. The van der Waals surface area contributed by atoms with Gasteiger partial charge in [-0.25, -0.2) is 9.97 Å². The predicted octanol–water partition coefficient (Wildman–Crippen LogP) is 3.27. The molecule has 0 bridgehead atoms. The van der Waals surface area contributed by atoms with Gasteiger partial charge in [0.15, 0.2) is 5.82 Å². The summed E-state index contributed by atoms with van der Waals surface area (Å²) in [5, 5.41) is 3.46. The Morgan fingerprint density at radius 1 is 1.21 bits per heavy atom. The Hall–Kier alpha value is -1.16. The second-order valence-corrected chi connectivity index (χ2v) is 5.22. The van der Waals surface area contributed by atoms with E-state index in [0.29, 0.717) is 0 Å². The molecule has 19 heavy (non-hydrogen) atoms. The maximum absolute atomic E-state index is 5.37. The number of nitrogens with zero attached hydrogens (tertiary/aromatic N) is 2. The molecule has 1 N–H and O–H groups in total. The van der Waals surface area contributed by atoms with Gasteiger partial charge < -0.3 is 10.1 Å². The SMILES string of the molecule is CCCNc1nc(C(C)OC)nc2c1CCCCC2. The summed E-state index contributed by atoms with van der Waals surface area (Å²) >= 11 is 0.